The van der Waals surface area contributed by atoms with Gasteiger partial charge in [-0.05, 0) is 26.0 Å². The zero-order chi connectivity index (χ0) is 15.0. The predicted molar refractivity (Wildman–Crippen MR) is 82.5 cm³/mol. The van der Waals surface area contributed by atoms with Gasteiger partial charge in [0, 0.05) is 18.1 Å². The first kappa shape index (κ1) is 14.4. The van der Waals surface area contributed by atoms with Crippen molar-refractivity contribution in [3.63, 3.8) is 0 Å². The van der Waals surface area contributed by atoms with Gasteiger partial charge in [-0.15, -0.1) is 0 Å². The molecule has 0 saturated carbocycles. The van der Waals surface area contributed by atoms with Crippen LogP contribution < -0.4 is 9.47 Å². The topological polar surface area (TPSA) is 44.2 Å². The van der Waals surface area contributed by atoms with Crippen molar-refractivity contribution >= 4 is 23.2 Å². The van der Waals surface area contributed by atoms with Crippen LogP contribution in [0.25, 0.3) is 11.4 Å². The van der Waals surface area contributed by atoms with Crippen LogP contribution in [0.4, 0.5) is 0 Å². The second-order valence-corrected chi connectivity index (χ2v) is 5.63. The van der Waals surface area contributed by atoms with Crippen molar-refractivity contribution in [2.45, 2.75) is 26.4 Å². The van der Waals surface area contributed by atoms with Gasteiger partial charge in [0.25, 0.3) is 0 Å². The molecule has 1 aromatic heterocycles. The average molecular weight is 325 g/mol. The molecule has 1 aromatic carbocycles. The van der Waals surface area contributed by atoms with E-state index in [1.807, 2.05) is 26.0 Å². The summed E-state index contributed by atoms with van der Waals surface area (Å²) in [4.78, 5) is 8.45. The third kappa shape index (κ3) is 2.92. The second-order valence-electron chi connectivity index (χ2n) is 4.86. The summed E-state index contributed by atoms with van der Waals surface area (Å²) in [6, 6.07) is 5.38. The van der Waals surface area contributed by atoms with Gasteiger partial charge in [-0.25, -0.2) is 9.97 Å². The largest absolute Gasteiger partial charge is 0.493 e. The Morgan fingerprint density at radius 3 is 2.62 bits per heavy atom. The minimum atomic E-state index is 0.161. The molecule has 0 spiro atoms. The summed E-state index contributed by atoms with van der Waals surface area (Å²) in [5, 5.41) is 0.587. The predicted octanol–water partition coefficient (Wildman–Crippen LogP) is 4.17. The van der Waals surface area contributed by atoms with Crippen molar-refractivity contribution in [2.75, 3.05) is 6.61 Å². The Kier molecular flexibility index (Phi) is 3.91. The lowest BCUT2D eigenvalue weighted by molar-refractivity contribution is 0.254. The van der Waals surface area contributed by atoms with Crippen molar-refractivity contribution in [3.8, 4) is 22.9 Å². The van der Waals surface area contributed by atoms with E-state index in [0.717, 1.165) is 23.3 Å². The Morgan fingerprint density at radius 2 is 1.95 bits per heavy atom. The highest BCUT2D eigenvalue weighted by Crippen LogP contribution is 2.39. The van der Waals surface area contributed by atoms with Crippen LogP contribution in [0.3, 0.4) is 0 Å². The molecule has 3 rings (SSSR count). The van der Waals surface area contributed by atoms with Crippen LogP contribution >= 0.6 is 23.2 Å². The first-order valence-corrected chi connectivity index (χ1v) is 7.49. The minimum Gasteiger partial charge on any atom is -0.493 e. The van der Waals surface area contributed by atoms with E-state index in [2.05, 4.69) is 9.97 Å². The van der Waals surface area contributed by atoms with Gasteiger partial charge in [-0.1, -0.05) is 23.2 Å². The van der Waals surface area contributed by atoms with Crippen LogP contribution in [-0.2, 0) is 6.42 Å². The lowest BCUT2D eigenvalue weighted by atomic mass is 10.1. The molecule has 2 heterocycles. The number of fused-ring (bicyclic) bond motifs is 1. The minimum absolute atomic E-state index is 0.161. The van der Waals surface area contributed by atoms with Gasteiger partial charge in [0.1, 0.15) is 27.9 Å². The van der Waals surface area contributed by atoms with E-state index < -0.39 is 0 Å². The second kappa shape index (κ2) is 5.70. The molecule has 0 N–H and O–H groups in total. The fraction of sp³-hybridized carbons (Fsp3) is 0.333. The van der Waals surface area contributed by atoms with Crippen molar-refractivity contribution in [2.24, 2.45) is 0 Å². The number of nitrogens with zero attached hydrogens (tertiary/aromatic N) is 2. The summed E-state index contributed by atoms with van der Waals surface area (Å²) in [7, 11) is 0. The zero-order valence-electron chi connectivity index (χ0n) is 11.7. The Labute approximate surface area is 133 Å². The smallest absolute Gasteiger partial charge is 0.166 e. The molecule has 110 valence electrons. The summed E-state index contributed by atoms with van der Waals surface area (Å²) in [5.41, 5.74) is 1.86. The normalized spacial score (nSPS) is 16.5. The number of hydrogen-bond acceptors (Lipinski definition) is 4. The third-order valence-electron chi connectivity index (χ3n) is 3.20. The number of halogens is 2. The van der Waals surface area contributed by atoms with Crippen LogP contribution in [0.1, 0.15) is 19.4 Å². The van der Waals surface area contributed by atoms with Gasteiger partial charge in [0.05, 0.1) is 12.2 Å². The van der Waals surface area contributed by atoms with E-state index in [9.17, 15) is 0 Å². The molecule has 0 saturated heterocycles. The van der Waals surface area contributed by atoms with Crippen molar-refractivity contribution in [1.82, 2.24) is 9.97 Å². The number of rotatable bonds is 3. The standard InChI is InChI=1S/C15H14Cl2N2O2/c1-3-20-12-5-9-4-8(2)21-11(9)6-10(12)15-18-13(16)7-14(17)19-15/h5-8H,3-4H2,1-2H3. The van der Waals surface area contributed by atoms with Crippen LogP contribution in [0, 0.1) is 0 Å². The summed E-state index contributed by atoms with van der Waals surface area (Å²) in [5.74, 6) is 1.98. The van der Waals surface area contributed by atoms with Crippen molar-refractivity contribution in [3.05, 3.63) is 34.1 Å². The monoisotopic (exact) mass is 324 g/mol. The number of benzene rings is 1. The fourth-order valence-corrected chi connectivity index (χ4v) is 2.82. The van der Waals surface area contributed by atoms with Crippen molar-refractivity contribution in [1.29, 1.82) is 0 Å². The molecule has 1 aliphatic rings. The van der Waals surface area contributed by atoms with E-state index in [1.165, 1.54) is 6.07 Å². The maximum absolute atomic E-state index is 5.96. The van der Waals surface area contributed by atoms with Crippen molar-refractivity contribution < 1.29 is 9.47 Å². The van der Waals surface area contributed by atoms with Crippen LogP contribution in [0.15, 0.2) is 18.2 Å². The van der Waals surface area contributed by atoms with Crippen LogP contribution in [-0.4, -0.2) is 22.7 Å². The summed E-state index contributed by atoms with van der Waals surface area (Å²) in [6.45, 7) is 4.52. The third-order valence-corrected chi connectivity index (χ3v) is 3.59. The molecule has 0 amide bonds. The van der Waals surface area contributed by atoms with Crippen LogP contribution in [0.5, 0.6) is 11.5 Å². The maximum Gasteiger partial charge on any atom is 0.166 e. The highest BCUT2D eigenvalue weighted by Gasteiger charge is 2.23. The molecular weight excluding hydrogens is 311 g/mol. The van der Waals surface area contributed by atoms with E-state index in [4.69, 9.17) is 32.7 Å². The van der Waals surface area contributed by atoms with Gasteiger partial charge >= 0.3 is 0 Å². The average Bonchev–Trinajstić information content (AvgIpc) is 2.76. The molecule has 0 aliphatic carbocycles. The molecule has 6 heteroatoms. The molecule has 21 heavy (non-hydrogen) atoms. The van der Waals surface area contributed by atoms with E-state index >= 15 is 0 Å². The van der Waals surface area contributed by atoms with Gasteiger partial charge in [0.2, 0.25) is 0 Å². The zero-order valence-corrected chi connectivity index (χ0v) is 13.2. The number of hydrogen-bond donors (Lipinski definition) is 0. The summed E-state index contributed by atoms with van der Waals surface area (Å²) >= 11 is 11.9. The summed E-state index contributed by atoms with van der Waals surface area (Å²) < 4.78 is 11.5. The SMILES string of the molecule is CCOc1cc2c(cc1-c1nc(Cl)cc(Cl)n1)OC(C)C2. The lowest BCUT2D eigenvalue weighted by Crippen LogP contribution is -2.05. The first-order chi connectivity index (χ1) is 10.1. The van der Waals surface area contributed by atoms with Gasteiger partial charge < -0.3 is 9.47 Å². The van der Waals surface area contributed by atoms with E-state index in [-0.39, 0.29) is 6.10 Å². The first-order valence-electron chi connectivity index (χ1n) is 6.73. The van der Waals surface area contributed by atoms with E-state index in [1.54, 1.807) is 0 Å². The van der Waals surface area contributed by atoms with Gasteiger partial charge in [-0.2, -0.15) is 0 Å². The molecule has 2 aromatic rings. The van der Waals surface area contributed by atoms with E-state index in [0.29, 0.717) is 28.5 Å². The van der Waals surface area contributed by atoms with Gasteiger partial charge in [-0.3, -0.25) is 0 Å². The highest BCUT2D eigenvalue weighted by molar-refractivity contribution is 6.33. The molecule has 1 atom stereocenters. The lowest BCUT2D eigenvalue weighted by Gasteiger charge is -2.12. The van der Waals surface area contributed by atoms with Crippen LogP contribution in [0.2, 0.25) is 10.3 Å². The quantitative estimate of drug-likeness (QED) is 0.795. The Hall–Kier alpha value is -1.52. The highest BCUT2D eigenvalue weighted by atomic mass is 35.5. The Balaban J connectivity index is 2.14. The molecule has 1 unspecified atom stereocenters. The Morgan fingerprint density at radius 1 is 1.24 bits per heavy atom. The molecular formula is C15H14Cl2N2O2. The molecule has 0 radical (unpaired) electrons. The summed E-state index contributed by atoms with van der Waals surface area (Å²) in [6.07, 6.45) is 1.03. The number of ether oxygens (including phenoxy) is 2. The number of aromatic nitrogens is 2. The molecule has 4 nitrogen and oxygen atoms in total. The maximum atomic E-state index is 5.96. The van der Waals surface area contributed by atoms with Gasteiger partial charge in [0.15, 0.2) is 5.82 Å². The fourth-order valence-electron chi connectivity index (χ4n) is 2.40. The molecule has 0 fully saturated rings. The molecule has 0 bridgehead atoms. The molecule has 1 aliphatic heterocycles. The Bertz CT molecular complexity index is 671.